The molecule has 0 spiro atoms. The van der Waals surface area contributed by atoms with E-state index in [2.05, 4.69) is 5.32 Å². The van der Waals surface area contributed by atoms with Gasteiger partial charge in [0.05, 0.1) is 5.92 Å². The van der Waals surface area contributed by atoms with Crippen LogP contribution >= 0.6 is 23.5 Å². The molecule has 1 heterocycles. The van der Waals surface area contributed by atoms with E-state index < -0.39 is 11.9 Å². The van der Waals surface area contributed by atoms with Crippen molar-refractivity contribution in [3.63, 3.8) is 0 Å². The first-order chi connectivity index (χ1) is 12.6. The van der Waals surface area contributed by atoms with Gasteiger partial charge in [0.2, 0.25) is 5.91 Å². The summed E-state index contributed by atoms with van der Waals surface area (Å²) < 4.78 is 0. The third-order valence-corrected chi connectivity index (χ3v) is 7.33. The standard InChI is InChI=1S/C20H23NO3S2/c22-19(11-18-13-25-7-8-26-18)21-12-17(20(23)24)10-14-5-6-15-3-1-2-4-16(15)9-14/h1-6,9,17-18H,7-8,10-13H2,(H,21,22)(H,23,24). The topological polar surface area (TPSA) is 66.4 Å². The minimum Gasteiger partial charge on any atom is -0.481 e. The number of carboxylic acid groups (broad SMARTS) is 1. The maximum atomic E-state index is 12.1. The van der Waals surface area contributed by atoms with Crippen molar-refractivity contribution in [2.75, 3.05) is 23.8 Å². The molecule has 2 N–H and O–H groups in total. The Morgan fingerprint density at radius 2 is 1.96 bits per heavy atom. The number of hydrogen-bond donors (Lipinski definition) is 2. The zero-order chi connectivity index (χ0) is 18.4. The third-order valence-electron chi connectivity index (χ3n) is 4.49. The minimum absolute atomic E-state index is 0.0465. The smallest absolute Gasteiger partial charge is 0.308 e. The lowest BCUT2D eigenvalue weighted by molar-refractivity contribution is -0.141. The minimum atomic E-state index is -0.874. The Labute approximate surface area is 162 Å². The van der Waals surface area contributed by atoms with Crippen molar-refractivity contribution < 1.29 is 14.7 Å². The van der Waals surface area contributed by atoms with E-state index in [0.29, 0.717) is 18.1 Å². The number of hydrogen-bond acceptors (Lipinski definition) is 4. The second kappa shape index (κ2) is 9.33. The number of fused-ring (bicyclic) bond motifs is 1. The van der Waals surface area contributed by atoms with Crippen molar-refractivity contribution in [3.8, 4) is 0 Å². The lowest BCUT2D eigenvalue weighted by atomic mass is 9.97. The van der Waals surface area contributed by atoms with Gasteiger partial charge in [-0.2, -0.15) is 23.5 Å². The second-order valence-corrected chi connectivity index (χ2v) is 9.05. The Morgan fingerprint density at radius 3 is 2.69 bits per heavy atom. The van der Waals surface area contributed by atoms with E-state index in [1.54, 1.807) is 0 Å². The fraction of sp³-hybridized carbons (Fsp3) is 0.400. The molecule has 3 rings (SSSR count). The summed E-state index contributed by atoms with van der Waals surface area (Å²) in [6.07, 6.45) is 0.883. The normalized spacial score (nSPS) is 18.4. The van der Waals surface area contributed by atoms with Crippen LogP contribution in [0.2, 0.25) is 0 Å². The highest BCUT2D eigenvalue weighted by molar-refractivity contribution is 8.06. The average molecular weight is 390 g/mol. The SMILES string of the molecule is O=C(CC1CSCCS1)NCC(Cc1ccc2ccccc2c1)C(=O)O. The molecule has 0 bridgehead atoms. The van der Waals surface area contributed by atoms with Gasteiger partial charge in [0.1, 0.15) is 0 Å². The van der Waals surface area contributed by atoms with E-state index in [4.69, 9.17) is 0 Å². The quantitative estimate of drug-likeness (QED) is 0.759. The van der Waals surface area contributed by atoms with Crippen LogP contribution in [0.4, 0.5) is 0 Å². The fourth-order valence-corrected chi connectivity index (χ4v) is 5.75. The van der Waals surface area contributed by atoms with E-state index in [0.717, 1.165) is 33.6 Å². The summed E-state index contributed by atoms with van der Waals surface area (Å²) in [4.78, 5) is 23.8. The van der Waals surface area contributed by atoms with Gasteiger partial charge in [0.15, 0.2) is 0 Å². The molecule has 6 heteroatoms. The number of nitrogens with one attached hydrogen (secondary N) is 1. The van der Waals surface area contributed by atoms with Crippen molar-refractivity contribution in [2.45, 2.75) is 18.1 Å². The summed E-state index contributed by atoms with van der Waals surface area (Å²) in [7, 11) is 0. The van der Waals surface area contributed by atoms with Crippen molar-refractivity contribution >= 4 is 46.2 Å². The van der Waals surface area contributed by atoms with Gasteiger partial charge in [-0.25, -0.2) is 0 Å². The third kappa shape index (κ3) is 5.42. The molecule has 0 aromatic heterocycles. The first-order valence-corrected chi connectivity index (χ1v) is 11.0. The largest absolute Gasteiger partial charge is 0.481 e. The highest BCUT2D eigenvalue weighted by Crippen LogP contribution is 2.26. The molecule has 0 radical (unpaired) electrons. The maximum Gasteiger partial charge on any atom is 0.308 e. The summed E-state index contributed by atoms with van der Waals surface area (Å²) in [5.74, 6) is 1.69. The van der Waals surface area contributed by atoms with Crippen LogP contribution in [0.1, 0.15) is 12.0 Å². The predicted molar refractivity (Wildman–Crippen MR) is 110 cm³/mol. The maximum absolute atomic E-state index is 12.1. The molecule has 2 atom stereocenters. The Morgan fingerprint density at radius 1 is 1.15 bits per heavy atom. The zero-order valence-electron chi connectivity index (χ0n) is 14.5. The zero-order valence-corrected chi connectivity index (χ0v) is 16.2. The van der Waals surface area contributed by atoms with Gasteiger partial charge in [-0.05, 0) is 22.8 Å². The number of benzene rings is 2. The van der Waals surface area contributed by atoms with E-state index in [1.165, 1.54) is 0 Å². The molecule has 2 aromatic carbocycles. The first kappa shape index (κ1) is 19.1. The molecule has 2 unspecified atom stereocenters. The van der Waals surface area contributed by atoms with Gasteiger partial charge in [0, 0.05) is 35.5 Å². The van der Waals surface area contributed by atoms with Crippen molar-refractivity contribution in [1.82, 2.24) is 5.32 Å². The molecule has 1 amide bonds. The molecule has 1 saturated heterocycles. The highest BCUT2D eigenvalue weighted by atomic mass is 32.2. The number of carboxylic acids is 1. The molecule has 4 nitrogen and oxygen atoms in total. The molecule has 2 aromatic rings. The van der Waals surface area contributed by atoms with Crippen LogP contribution in [0.25, 0.3) is 10.8 Å². The lowest BCUT2D eigenvalue weighted by Gasteiger charge is -2.21. The Bertz CT molecular complexity index is 774. The van der Waals surface area contributed by atoms with Crippen LogP contribution < -0.4 is 5.32 Å². The number of carbonyl (C=O) groups is 2. The van der Waals surface area contributed by atoms with Crippen LogP contribution in [0.15, 0.2) is 42.5 Å². The van der Waals surface area contributed by atoms with Gasteiger partial charge in [-0.15, -0.1) is 0 Å². The van der Waals surface area contributed by atoms with E-state index >= 15 is 0 Å². The monoisotopic (exact) mass is 389 g/mol. The molecular formula is C20H23NO3S2. The summed E-state index contributed by atoms with van der Waals surface area (Å²) in [5, 5.41) is 14.9. The summed E-state index contributed by atoms with van der Waals surface area (Å²) in [5.41, 5.74) is 0.976. The molecule has 1 fully saturated rings. The van der Waals surface area contributed by atoms with Crippen molar-refractivity contribution in [1.29, 1.82) is 0 Å². The fourth-order valence-electron chi connectivity index (χ4n) is 3.07. The molecular weight excluding hydrogens is 366 g/mol. The first-order valence-electron chi connectivity index (χ1n) is 8.78. The Kier molecular flexibility index (Phi) is 6.86. The molecule has 138 valence electrons. The predicted octanol–water partition coefficient (Wildman–Crippen LogP) is 3.44. The number of carbonyl (C=O) groups excluding carboxylic acids is 1. The van der Waals surface area contributed by atoms with Gasteiger partial charge >= 0.3 is 5.97 Å². The van der Waals surface area contributed by atoms with Gasteiger partial charge in [-0.1, -0.05) is 42.5 Å². The van der Waals surface area contributed by atoms with Crippen molar-refractivity contribution in [2.24, 2.45) is 5.92 Å². The molecule has 1 aliphatic heterocycles. The molecule has 1 aliphatic rings. The molecule has 0 saturated carbocycles. The van der Waals surface area contributed by atoms with Crippen LogP contribution in [0.5, 0.6) is 0 Å². The van der Waals surface area contributed by atoms with Gasteiger partial charge < -0.3 is 10.4 Å². The van der Waals surface area contributed by atoms with Crippen LogP contribution in [0, 0.1) is 5.92 Å². The summed E-state index contributed by atoms with van der Waals surface area (Å²) in [6, 6.07) is 14.0. The molecule has 26 heavy (non-hydrogen) atoms. The summed E-state index contributed by atoms with van der Waals surface area (Å²) >= 11 is 3.72. The Hall–Kier alpha value is -1.66. The van der Waals surface area contributed by atoms with Gasteiger partial charge in [-0.3, -0.25) is 9.59 Å². The Balaban J connectivity index is 1.56. The van der Waals surface area contributed by atoms with E-state index in [1.807, 2.05) is 66.0 Å². The average Bonchev–Trinajstić information content (AvgIpc) is 2.65. The number of aliphatic carboxylic acids is 1. The number of amides is 1. The molecule has 0 aliphatic carbocycles. The highest BCUT2D eigenvalue weighted by Gasteiger charge is 2.21. The van der Waals surface area contributed by atoms with Crippen molar-refractivity contribution in [3.05, 3.63) is 48.0 Å². The van der Waals surface area contributed by atoms with E-state index in [-0.39, 0.29) is 12.5 Å². The summed E-state index contributed by atoms with van der Waals surface area (Å²) in [6.45, 7) is 0.172. The lowest BCUT2D eigenvalue weighted by Crippen LogP contribution is -2.35. The van der Waals surface area contributed by atoms with Crippen LogP contribution in [0.3, 0.4) is 0 Å². The number of thioether (sulfide) groups is 2. The van der Waals surface area contributed by atoms with Crippen LogP contribution in [-0.2, 0) is 16.0 Å². The van der Waals surface area contributed by atoms with Gasteiger partial charge in [0.25, 0.3) is 0 Å². The number of rotatable bonds is 7. The van der Waals surface area contributed by atoms with E-state index in [9.17, 15) is 14.7 Å². The second-order valence-electron chi connectivity index (χ2n) is 6.50. The van der Waals surface area contributed by atoms with Crippen LogP contribution in [-0.4, -0.2) is 46.0 Å².